The lowest BCUT2D eigenvalue weighted by atomic mass is 10.2. The number of pyridine rings is 1. The number of aromatic nitrogens is 1. The number of nitrogens with zero attached hydrogens (tertiary/aromatic N) is 2. The standard InChI is InChI=1S/C13H14N2O2S/c1-15(12-3-2-8-18-12)13(17)10-4-6-14-11(9-10)5-7-16/h2-4,6,8-9,16H,5,7H2,1H3. The van der Waals surface area contributed by atoms with Gasteiger partial charge in [-0.25, -0.2) is 0 Å². The Morgan fingerprint density at radius 1 is 1.50 bits per heavy atom. The molecule has 1 N–H and O–H groups in total. The molecule has 0 spiro atoms. The summed E-state index contributed by atoms with van der Waals surface area (Å²) < 4.78 is 0. The molecule has 0 fully saturated rings. The van der Waals surface area contributed by atoms with E-state index < -0.39 is 0 Å². The third-order valence-electron chi connectivity index (χ3n) is 2.57. The van der Waals surface area contributed by atoms with Crippen molar-refractivity contribution in [3.8, 4) is 0 Å². The minimum absolute atomic E-state index is 0.0331. The van der Waals surface area contributed by atoms with Crippen LogP contribution < -0.4 is 4.90 Å². The fraction of sp³-hybridized carbons (Fsp3) is 0.231. The third kappa shape index (κ3) is 2.75. The summed E-state index contributed by atoms with van der Waals surface area (Å²) >= 11 is 1.52. The zero-order valence-corrected chi connectivity index (χ0v) is 10.9. The van der Waals surface area contributed by atoms with Crippen LogP contribution in [-0.2, 0) is 6.42 Å². The molecule has 0 radical (unpaired) electrons. The highest BCUT2D eigenvalue weighted by Gasteiger charge is 2.14. The highest BCUT2D eigenvalue weighted by molar-refractivity contribution is 7.14. The zero-order chi connectivity index (χ0) is 13.0. The van der Waals surface area contributed by atoms with Gasteiger partial charge in [0.05, 0.1) is 5.00 Å². The molecule has 0 aromatic carbocycles. The van der Waals surface area contributed by atoms with Crippen molar-refractivity contribution < 1.29 is 9.90 Å². The van der Waals surface area contributed by atoms with Crippen LogP contribution in [0.5, 0.6) is 0 Å². The maximum absolute atomic E-state index is 12.2. The number of anilines is 1. The predicted octanol–water partition coefficient (Wildman–Crippen LogP) is 1.95. The van der Waals surface area contributed by atoms with Crippen LogP contribution in [0.3, 0.4) is 0 Å². The van der Waals surface area contributed by atoms with Crippen LogP contribution in [0.1, 0.15) is 16.1 Å². The molecule has 2 aromatic rings. The highest BCUT2D eigenvalue weighted by Crippen LogP contribution is 2.21. The first-order chi connectivity index (χ1) is 8.72. The number of thiophene rings is 1. The van der Waals surface area contributed by atoms with E-state index in [0.717, 1.165) is 10.7 Å². The van der Waals surface area contributed by atoms with E-state index in [1.807, 2.05) is 17.5 Å². The van der Waals surface area contributed by atoms with Crippen molar-refractivity contribution >= 4 is 22.2 Å². The predicted molar refractivity (Wildman–Crippen MR) is 72.1 cm³/mol. The van der Waals surface area contributed by atoms with Gasteiger partial charge < -0.3 is 10.0 Å². The van der Waals surface area contributed by atoms with Gasteiger partial charge in [0.2, 0.25) is 0 Å². The first-order valence-corrected chi connectivity index (χ1v) is 6.47. The van der Waals surface area contributed by atoms with Crippen LogP contribution in [0.4, 0.5) is 5.00 Å². The molecule has 0 aliphatic rings. The molecule has 2 rings (SSSR count). The molecule has 18 heavy (non-hydrogen) atoms. The number of hydrogen-bond acceptors (Lipinski definition) is 4. The summed E-state index contributed by atoms with van der Waals surface area (Å²) in [4.78, 5) is 18.0. The van der Waals surface area contributed by atoms with E-state index in [-0.39, 0.29) is 12.5 Å². The molecule has 0 atom stereocenters. The normalized spacial score (nSPS) is 10.3. The van der Waals surface area contributed by atoms with Gasteiger partial charge in [-0.1, -0.05) is 0 Å². The van der Waals surface area contributed by atoms with Crippen LogP contribution in [0.25, 0.3) is 0 Å². The van der Waals surface area contributed by atoms with E-state index in [4.69, 9.17) is 5.11 Å². The Kier molecular flexibility index (Phi) is 4.07. The quantitative estimate of drug-likeness (QED) is 0.916. The van der Waals surface area contributed by atoms with Crippen molar-refractivity contribution in [3.05, 3.63) is 47.1 Å². The minimum Gasteiger partial charge on any atom is -0.396 e. The Bertz CT molecular complexity index is 526. The van der Waals surface area contributed by atoms with E-state index in [2.05, 4.69) is 4.98 Å². The van der Waals surface area contributed by atoms with E-state index >= 15 is 0 Å². The Labute approximate surface area is 110 Å². The van der Waals surface area contributed by atoms with Gasteiger partial charge in [0.15, 0.2) is 0 Å². The van der Waals surface area contributed by atoms with Crippen molar-refractivity contribution in [2.45, 2.75) is 6.42 Å². The number of carbonyl (C=O) groups excluding carboxylic acids is 1. The monoisotopic (exact) mass is 262 g/mol. The fourth-order valence-corrected chi connectivity index (χ4v) is 2.31. The molecule has 0 aliphatic heterocycles. The summed E-state index contributed by atoms with van der Waals surface area (Å²) in [5.41, 5.74) is 1.31. The molecule has 94 valence electrons. The van der Waals surface area contributed by atoms with E-state index in [1.54, 1.807) is 30.3 Å². The number of rotatable bonds is 4. The Morgan fingerprint density at radius 2 is 2.33 bits per heavy atom. The number of amides is 1. The van der Waals surface area contributed by atoms with Gasteiger partial charge in [0, 0.05) is 37.5 Å². The van der Waals surface area contributed by atoms with Gasteiger partial charge >= 0.3 is 0 Å². The van der Waals surface area contributed by atoms with Crippen LogP contribution in [0, 0.1) is 0 Å². The van der Waals surface area contributed by atoms with Crippen molar-refractivity contribution in [2.24, 2.45) is 0 Å². The molecule has 0 aliphatic carbocycles. The lowest BCUT2D eigenvalue weighted by Gasteiger charge is -2.15. The van der Waals surface area contributed by atoms with E-state index in [1.165, 1.54) is 11.3 Å². The summed E-state index contributed by atoms with van der Waals surface area (Å²) in [5, 5.41) is 11.7. The molecule has 0 unspecified atom stereocenters. The first-order valence-electron chi connectivity index (χ1n) is 5.59. The molecule has 4 nitrogen and oxygen atoms in total. The molecule has 5 heteroatoms. The van der Waals surface area contributed by atoms with Crippen molar-refractivity contribution in [1.29, 1.82) is 0 Å². The average Bonchev–Trinajstić information content (AvgIpc) is 2.91. The highest BCUT2D eigenvalue weighted by atomic mass is 32.1. The minimum atomic E-state index is -0.0703. The van der Waals surface area contributed by atoms with Gasteiger partial charge in [0.25, 0.3) is 5.91 Å². The van der Waals surface area contributed by atoms with Crippen molar-refractivity contribution in [3.63, 3.8) is 0 Å². The Balaban J connectivity index is 2.20. The van der Waals surface area contributed by atoms with Crippen LogP contribution in [0.2, 0.25) is 0 Å². The molecule has 0 saturated carbocycles. The Hall–Kier alpha value is -1.72. The lowest BCUT2D eigenvalue weighted by Crippen LogP contribution is -2.25. The average molecular weight is 262 g/mol. The smallest absolute Gasteiger partial charge is 0.258 e. The third-order valence-corrected chi connectivity index (χ3v) is 3.52. The number of aliphatic hydroxyl groups excluding tert-OH is 1. The number of aliphatic hydroxyl groups is 1. The summed E-state index contributed by atoms with van der Waals surface area (Å²) in [6, 6.07) is 7.22. The molecule has 0 saturated heterocycles. The molecule has 2 heterocycles. The molecule has 1 amide bonds. The second-order valence-electron chi connectivity index (χ2n) is 3.82. The SMILES string of the molecule is CN(C(=O)c1ccnc(CCO)c1)c1cccs1. The zero-order valence-electron chi connectivity index (χ0n) is 10.0. The Morgan fingerprint density at radius 3 is 3.00 bits per heavy atom. The molecule has 2 aromatic heterocycles. The topological polar surface area (TPSA) is 53.4 Å². The van der Waals surface area contributed by atoms with Crippen molar-refractivity contribution in [1.82, 2.24) is 4.98 Å². The summed E-state index contributed by atoms with van der Waals surface area (Å²) in [7, 11) is 1.75. The van der Waals surface area contributed by atoms with Gasteiger partial charge in [-0.05, 0) is 29.6 Å². The number of carbonyl (C=O) groups is 1. The first kappa shape index (κ1) is 12.7. The van der Waals surface area contributed by atoms with Crippen LogP contribution in [-0.4, -0.2) is 29.7 Å². The number of hydrogen-bond donors (Lipinski definition) is 1. The van der Waals surface area contributed by atoms with Crippen molar-refractivity contribution in [2.75, 3.05) is 18.6 Å². The van der Waals surface area contributed by atoms with Gasteiger partial charge in [0.1, 0.15) is 0 Å². The summed E-state index contributed by atoms with van der Waals surface area (Å²) in [6.07, 6.45) is 2.06. The summed E-state index contributed by atoms with van der Waals surface area (Å²) in [6.45, 7) is 0.0331. The second-order valence-corrected chi connectivity index (χ2v) is 4.75. The van der Waals surface area contributed by atoms with Crippen LogP contribution in [0.15, 0.2) is 35.8 Å². The van der Waals surface area contributed by atoms with Crippen LogP contribution >= 0.6 is 11.3 Å². The summed E-state index contributed by atoms with van der Waals surface area (Å²) in [5.74, 6) is -0.0703. The fourth-order valence-electron chi connectivity index (χ4n) is 1.62. The largest absolute Gasteiger partial charge is 0.396 e. The van der Waals surface area contributed by atoms with Gasteiger partial charge in [-0.15, -0.1) is 11.3 Å². The maximum Gasteiger partial charge on any atom is 0.258 e. The lowest BCUT2D eigenvalue weighted by molar-refractivity contribution is 0.0993. The molecular weight excluding hydrogens is 248 g/mol. The molecular formula is C13H14N2O2S. The maximum atomic E-state index is 12.2. The van der Waals surface area contributed by atoms with Gasteiger partial charge in [-0.3, -0.25) is 9.78 Å². The second kappa shape index (κ2) is 5.75. The van der Waals surface area contributed by atoms with E-state index in [9.17, 15) is 4.79 Å². The molecule has 0 bridgehead atoms. The van der Waals surface area contributed by atoms with E-state index in [0.29, 0.717) is 12.0 Å². The van der Waals surface area contributed by atoms with Gasteiger partial charge in [-0.2, -0.15) is 0 Å².